The molecule has 1 saturated heterocycles. The Hall–Kier alpha value is -0.600. The van der Waals surface area contributed by atoms with Crippen LogP contribution in [0.5, 0.6) is 0 Å². The number of halogens is 3. The maximum absolute atomic E-state index is 14.1. The molecule has 0 radical (unpaired) electrons. The third kappa shape index (κ3) is 4.20. The molecule has 1 aliphatic heterocycles. The van der Waals surface area contributed by atoms with Gasteiger partial charge in [0, 0.05) is 10.6 Å². The van der Waals surface area contributed by atoms with Crippen LogP contribution in [0.25, 0.3) is 0 Å². The standard InChI is InChI=1S/C13H18ClFN4.HI/c14-9-4-3-5-10(15)12(9)11(8-18-13(16)17)19-6-1-2-7-19;/h3-5,11H,1-2,6-8H2,(H4,16,17,18);1H. The largest absolute Gasteiger partial charge is 0.370 e. The molecule has 1 aromatic carbocycles. The van der Waals surface area contributed by atoms with Gasteiger partial charge in [0.25, 0.3) is 0 Å². The Kier molecular flexibility index (Phi) is 6.97. The second kappa shape index (κ2) is 7.99. The summed E-state index contributed by atoms with van der Waals surface area (Å²) in [5.41, 5.74) is 11.2. The molecule has 0 aromatic heterocycles. The molecule has 4 N–H and O–H groups in total. The number of aliphatic imine (C=N–C) groups is 1. The lowest BCUT2D eigenvalue weighted by Gasteiger charge is -2.27. The Morgan fingerprint density at radius 2 is 2.00 bits per heavy atom. The minimum absolute atomic E-state index is 0. The Labute approximate surface area is 140 Å². The van der Waals surface area contributed by atoms with Crippen molar-refractivity contribution < 1.29 is 4.39 Å². The van der Waals surface area contributed by atoms with Gasteiger partial charge in [-0.15, -0.1) is 24.0 Å². The molecule has 1 unspecified atom stereocenters. The minimum atomic E-state index is -0.310. The molecule has 0 aliphatic carbocycles. The van der Waals surface area contributed by atoms with E-state index in [1.54, 1.807) is 12.1 Å². The maximum atomic E-state index is 14.1. The third-order valence-corrected chi connectivity index (χ3v) is 3.69. The maximum Gasteiger partial charge on any atom is 0.185 e. The van der Waals surface area contributed by atoms with Crippen molar-refractivity contribution in [3.8, 4) is 0 Å². The summed E-state index contributed by atoms with van der Waals surface area (Å²) in [6, 6.07) is 4.50. The topological polar surface area (TPSA) is 67.6 Å². The molecule has 1 aliphatic rings. The van der Waals surface area contributed by atoms with Crippen molar-refractivity contribution >= 4 is 41.5 Å². The lowest BCUT2D eigenvalue weighted by atomic mass is 10.0. The molecule has 4 nitrogen and oxygen atoms in total. The smallest absolute Gasteiger partial charge is 0.185 e. The van der Waals surface area contributed by atoms with Crippen LogP contribution in [-0.4, -0.2) is 30.5 Å². The zero-order valence-electron chi connectivity index (χ0n) is 11.1. The quantitative estimate of drug-likeness (QED) is 0.454. The fraction of sp³-hybridized carbons (Fsp3) is 0.462. The number of likely N-dealkylation sites (tertiary alicyclic amines) is 1. The highest BCUT2D eigenvalue weighted by Gasteiger charge is 2.27. The van der Waals surface area contributed by atoms with E-state index >= 15 is 0 Å². The summed E-state index contributed by atoms with van der Waals surface area (Å²) in [5.74, 6) is -0.299. The Balaban J connectivity index is 0.00000200. The van der Waals surface area contributed by atoms with E-state index in [1.807, 2.05) is 0 Å². The molecule has 1 atom stereocenters. The zero-order valence-corrected chi connectivity index (χ0v) is 14.1. The zero-order chi connectivity index (χ0) is 13.8. The molecule has 20 heavy (non-hydrogen) atoms. The first-order valence-corrected chi connectivity index (χ1v) is 6.70. The lowest BCUT2D eigenvalue weighted by molar-refractivity contribution is 0.246. The molecular formula is C13H19ClFIN4. The van der Waals surface area contributed by atoms with Crippen LogP contribution in [0.2, 0.25) is 5.02 Å². The van der Waals surface area contributed by atoms with E-state index < -0.39 is 0 Å². The van der Waals surface area contributed by atoms with Gasteiger partial charge in [0.15, 0.2) is 5.96 Å². The number of hydrogen-bond acceptors (Lipinski definition) is 2. The van der Waals surface area contributed by atoms with E-state index in [0.717, 1.165) is 25.9 Å². The molecule has 1 heterocycles. The number of nitrogens with two attached hydrogens (primary N) is 2. The van der Waals surface area contributed by atoms with Crippen molar-refractivity contribution in [2.75, 3.05) is 19.6 Å². The summed E-state index contributed by atoms with van der Waals surface area (Å²) in [7, 11) is 0. The Morgan fingerprint density at radius 1 is 1.35 bits per heavy atom. The van der Waals surface area contributed by atoms with E-state index in [4.69, 9.17) is 23.1 Å². The van der Waals surface area contributed by atoms with Crippen LogP contribution in [-0.2, 0) is 0 Å². The fourth-order valence-electron chi connectivity index (χ4n) is 2.46. The number of benzene rings is 1. The Bertz CT molecular complexity index is 453. The second-order valence-corrected chi connectivity index (χ2v) is 5.07. The van der Waals surface area contributed by atoms with Crippen LogP contribution in [0.4, 0.5) is 4.39 Å². The van der Waals surface area contributed by atoms with Crippen molar-refractivity contribution in [3.63, 3.8) is 0 Å². The highest BCUT2D eigenvalue weighted by Crippen LogP contribution is 2.32. The molecule has 0 amide bonds. The monoisotopic (exact) mass is 412 g/mol. The minimum Gasteiger partial charge on any atom is -0.370 e. The van der Waals surface area contributed by atoms with Crippen LogP contribution >= 0.6 is 35.6 Å². The van der Waals surface area contributed by atoms with Gasteiger partial charge in [-0.2, -0.15) is 0 Å². The highest BCUT2D eigenvalue weighted by molar-refractivity contribution is 14.0. The van der Waals surface area contributed by atoms with Gasteiger partial charge >= 0.3 is 0 Å². The summed E-state index contributed by atoms with van der Waals surface area (Å²) in [6.45, 7) is 2.15. The SMILES string of the molecule is I.NC(N)=NCC(c1c(F)cccc1Cl)N1CCCC1. The molecule has 112 valence electrons. The summed E-state index contributed by atoms with van der Waals surface area (Å²) < 4.78 is 14.1. The summed E-state index contributed by atoms with van der Waals surface area (Å²) >= 11 is 6.14. The Morgan fingerprint density at radius 3 is 2.55 bits per heavy atom. The van der Waals surface area contributed by atoms with Crippen LogP contribution in [0.1, 0.15) is 24.4 Å². The molecule has 0 spiro atoms. The molecule has 7 heteroatoms. The van der Waals surface area contributed by atoms with E-state index in [1.165, 1.54) is 6.07 Å². The third-order valence-electron chi connectivity index (χ3n) is 3.36. The van der Waals surface area contributed by atoms with Gasteiger partial charge in [0.1, 0.15) is 5.82 Å². The first-order chi connectivity index (χ1) is 9.09. The van der Waals surface area contributed by atoms with Crippen LogP contribution in [0, 0.1) is 5.82 Å². The van der Waals surface area contributed by atoms with Gasteiger partial charge in [-0.3, -0.25) is 9.89 Å². The predicted octanol–water partition coefficient (Wildman–Crippen LogP) is 2.51. The van der Waals surface area contributed by atoms with E-state index in [9.17, 15) is 4.39 Å². The van der Waals surface area contributed by atoms with E-state index in [-0.39, 0.29) is 41.8 Å². The average Bonchev–Trinajstić information content (AvgIpc) is 2.86. The number of guanidine groups is 1. The van der Waals surface area contributed by atoms with E-state index in [0.29, 0.717) is 17.1 Å². The van der Waals surface area contributed by atoms with Crippen molar-refractivity contribution in [1.82, 2.24) is 4.90 Å². The summed E-state index contributed by atoms with van der Waals surface area (Å²) in [5, 5.41) is 0.419. The second-order valence-electron chi connectivity index (χ2n) is 4.66. The van der Waals surface area contributed by atoms with Crippen LogP contribution in [0.15, 0.2) is 23.2 Å². The normalized spacial score (nSPS) is 16.5. The van der Waals surface area contributed by atoms with Gasteiger partial charge < -0.3 is 11.5 Å². The van der Waals surface area contributed by atoms with Gasteiger partial charge in [0.05, 0.1) is 12.6 Å². The van der Waals surface area contributed by atoms with Gasteiger partial charge in [-0.1, -0.05) is 17.7 Å². The molecule has 1 fully saturated rings. The highest BCUT2D eigenvalue weighted by atomic mass is 127. The number of rotatable bonds is 4. The first kappa shape index (κ1) is 17.5. The van der Waals surface area contributed by atoms with Gasteiger partial charge in [0.2, 0.25) is 0 Å². The van der Waals surface area contributed by atoms with Gasteiger partial charge in [-0.05, 0) is 38.1 Å². The molecule has 1 aromatic rings. The van der Waals surface area contributed by atoms with Crippen molar-refractivity contribution in [2.24, 2.45) is 16.5 Å². The number of hydrogen-bond donors (Lipinski definition) is 2. The predicted molar refractivity (Wildman–Crippen MR) is 91.0 cm³/mol. The number of nitrogens with zero attached hydrogens (tertiary/aromatic N) is 2. The van der Waals surface area contributed by atoms with E-state index in [2.05, 4.69) is 9.89 Å². The van der Waals surface area contributed by atoms with Gasteiger partial charge in [-0.25, -0.2) is 4.39 Å². The molecule has 0 saturated carbocycles. The van der Waals surface area contributed by atoms with Crippen molar-refractivity contribution in [2.45, 2.75) is 18.9 Å². The average molecular weight is 413 g/mol. The molecule has 0 bridgehead atoms. The van der Waals surface area contributed by atoms with Crippen molar-refractivity contribution in [3.05, 3.63) is 34.6 Å². The fourth-order valence-corrected chi connectivity index (χ4v) is 2.75. The summed E-state index contributed by atoms with van der Waals surface area (Å²) in [6.07, 6.45) is 2.20. The molecular weight excluding hydrogens is 394 g/mol. The van der Waals surface area contributed by atoms with Crippen molar-refractivity contribution in [1.29, 1.82) is 0 Å². The van der Waals surface area contributed by atoms with Crippen LogP contribution < -0.4 is 11.5 Å². The molecule has 2 rings (SSSR count). The first-order valence-electron chi connectivity index (χ1n) is 6.33. The lowest BCUT2D eigenvalue weighted by Crippen LogP contribution is -2.31. The summed E-state index contributed by atoms with van der Waals surface area (Å²) in [4.78, 5) is 6.21. The van der Waals surface area contributed by atoms with Crippen LogP contribution in [0.3, 0.4) is 0 Å².